The summed E-state index contributed by atoms with van der Waals surface area (Å²) in [5.41, 5.74) is -0.602. The Morgan fingerprint density at radius 1 is 0.957 bits per heavy atom. The van der Waals surface area contributed by atoms with Crippen molar-refractivity contribution in [1.29, 1.82) is 0 Å². The number of amides is 2. The predicted molar refractivity (Wildman–Crippen MR) is 82.7 cm³/mol. The normalized spacial score (nSPS) is 24.7. The number of hydrogen-bond acceptors (Lipinski definition) is 5. The van der Waals surface area contributed by atoms with Gasteiger partial charge < -0.3 is 14.4 Å². The Bertz CT molecular complexity index is 485. The fraction of sp³-hybridized carbons (Fsp3) is 0.812. The van der Waals surface area contributed by atoms with Gasteiger partial charge in [-0.15, -0.1) is 0 Å². The number of likely N-dealkylation sites (tertiary alicyclic amines) is 2. The molecule has 2 amide bonds. The van der Waals surface area contributed by atoms with Gasteiger partial charge in [0, 0.05) is 13.1 Å². The molecule has 0 N–H and O–H groups in total. The van der Waals surface area contributed by atoms with Crippen LogP contribution in [0.5, 0.6) is 0 Å². The molecule has 2 aliphatic heterocycles. The van der Waals surface area contributed by atoms with Crippen LogP contribution in [0.1, 0.15) is 46.5 Å². The summed E-state index contributed by atoms with van der Waals surface area (Å²) in [5.74, 6) is -0.570. The van der Waals surface area contributed by atoms with E-state index in [4.69, 9.17) is 9.47 Å². The minimum Gasteiger partial charge on any atom is -0.467 e. The molecule has 0 saturated carbocycles. The zero-order valence-corrected chi connectivity index (χ0v) is 14.3. The van der Waals surface area contributed by atoms with Crippen LogP contribution in [0.15, 0.2) is 0 Å². The zero-order valence-electron chi connectivity index (χ0n) is 14.3. The molecule has 2 rings (SSSR count). The number of esters is 1. The molecule has 0 aromatic carbocycles. The first kappa shape index (κ1) is 17.6. The summed E-state index contributed by atoms with van der Waals surface area (Å²) in [7, 11) is 1.33. The number of carbonyl (C=O) groups is 3. The van der Waals surface area contributed by atoms with Crippen molar-refractivity contribution in [2.45, 2.75) is 64.1 Å². The smallest absolute Gasteiger partial charge is 0.410 e. The van der Waals surface area contributed by atoms with Gasteiger partial charge in [-0.25, -0.2) is 9.59 Å². The zero-order chi connectivity index (χ0) is 17.2. The van der Waals surface area contributed by atoms with Crippen LogP contribution in [0.4, 0.5) is 4.79 Å². The van der Waals surface area contributed by atoms with Gasteiger partial charge in [0.1, 0.15) is 17.7 Å². The summed E-state index contributed by atoms with van der Waals surface area (Å²) in [6.45, 7) is 6.42. The van der Waals surface area contributed by atoms with Crippen molar-refractivity contribution in [2.75, 3.05) is 20.2 Å². The molecule has 2 saturated heterocycles. The first-order valence-electron chi connectivity index (χ1n) is 8.12. The molecule has 0 bridgehead atoms. The van der Waals surface area contributed by atoms with E-state index in [1.165, 1.54) is 12.0 Å². The molecule has 0 aromatic rings. The molecule has 0 aromatic heterocycles. The number of hydrogen-bond donors (Lipinski definition) is 0. The molecule has 0 aliphatic carbocycles. The predicted octanol–water partition coefficient (Wildman–Crippen LogP) is 1.55. The minimum absolute atomic E-state index is 0.179. The average molecular weight is 326 g/mol. The fourth-order valence-corrected chi connectivity index (χ4v) is 3.17. The van der Waals surface area contributed by atoms with E-state index in [-0.39, 0.29) is 5.91 Å². The van der Waals surface area contributed by atoms with Crippen LogP contribution in [0.2, 0.25) is 0 Å². The molecule has 0 spiro atoms. The first-order chi connectivity index (χ1) is 10.7. The van der Waals surface area contributed by atoms with Gasteiger partial charge in [0.15, 0.2) is 0 Å². The van der Waals surface area contributed by atoms with Crippen molar-refractivity contribution in [2.24, 2.45) is 0 Å². The summed E-state index contributed by atoms with van der Waals surface area (Å²) in [4.78, 5) is 40.0. The lowest BCUT2D eigenvalue weighted by atomic mass is 10.1. The molecule has 2 heterocycles. The highest BCUT2D eigenvalue weighted by molar-refractivity contribution is 5.90. The Morgan fingerprint density at radius 3 is 2.09 bits per heavy atom. The lowest BCUT2D eigenvalue weighted by Gasteiger charge is -2.31. The van der Waals surface area contributed by atoms with Crippen molar-refractivity contribution in [3.63, 3.8) is 0 Å². The van der Waals surface area contributed by atoms with Crippen molar-refractivity contribution in [3.05, 3.63) is 0 Å². The van der Waals surface area contributed by atoms with Crippen molar-refractivity contribution in [1.82, 2.24) is 9.80 Å². The average Bonchev–Trinajstić information content (AvgIpc) is 3.12. The maximum absolute atomic E-state index is 12.8. The monoisotopic (exact) mass is 326 g/mol. The van der Waals surface area contributed by atoms with Crippen LogP contribution in [-0.2, 0) is 19.1 Å². The third kappa shape index (κ3) is 3.95. The fourth-order valence-electron chi connectivity index (χ4n) is 3.17. The van der Waals surface area contributed by atoms with E-state index in [9.17, 15) is 14.4 Å². The molecule has 2 aliphatic rings. The van der Waals surface area contributed by atoms with Gasteiger partial charge in [0.05, 0.1) is 7.11 Å². The highest BCUT2D eigenvalue weighted by Gasteiger charge is 2.43. The van der Waals surface area contributed by atoms with Crippen LogP contribution in [0.3, 0.4) is 0 Å². The van der Waals surface area contributed by atoms with Crippen LogP contribution in [0.25, 0.3) is 0 Å². The lowest BCUT2D eigenvalue weighted by molar-refractivity contribution is -0.152. The van der Waals surface area contributed by atoms with E-state index in [2.05, 4.69) is 0 Å². The van der Waals surface area contributed by atoms with Gasteiger partial charge >= 0.3 is 12.1 Å². The van der Waals surface area contributed by atoms with Crippen molar-refractivity contribution in [3.8, 4) is 0 Å². The van der Waals surface area contributed by atoms with E-state index >= 15 is 0 Å². The van der Waals surface area contributed by atoms with Gasteiger partial charge in [-0.05, 0) is 46.5 Å². The minimum atomic E-state index is -0.602. The van der Waals surface area contributed by atoms with Gasteiger partial charge in [-0.2, -0.15) is 0 Å². The van der Waals surface area contributed by atoms with Crippen molar-refractivity contribution >= 4 is 18.0 Å². The van der Waals surface area contributed by atoms with E-state index in [1.54, 1.807) is 25.7 Å². The van der Waals surface area contributed by atoms with Gasteiger partial charge in [-0.1, -0.05) is 0 Å². The van der Waals surface area contributed by atoms with Crippen LogP contribution >= 0.6 is 0 Å². The summed E-state index contributed by atoms with van der Waals surface area (Å²) >= 11 is 0. The van der Waals surface area contributed by atoms with Gasteiger partial charge in [-0.3, -0.25) is 9.69 Å². The maximum atomic E-state index is 12.8. The second-order valence-corrected chi connectivity index (χ2v) is 7.04. The van der Waals surface area contributed by atoms with E-state index in [0.717, 1.165) is 12.8 Å². The van der Waals surface area contributed by atoms with Crippen molar-refractivity contribution < 1.29 is 23.9 Å². The SMILES string of the molecule is COC(=O)C1CCCN1C(=O)C1CCCN1C(=O)OC(C)(C)C. The second kappa shape index (κ2) is 6.76. The van der Waals surface area contributed by atoms with Gasteiger partial charge in [0.2, 0.25) is 5.91 Å². The summed E-state index contributed by atoms with van der Waals surface area (Å²) in [6.07, 6.45) is 2.26. The molecule has 23 heavy (non-hydrogen) atoms. The Labute approximate surface area is 136 Å². The maximum Gasteiger partial charge on any atom is 0.410 e. The number of rotatable bonds is 2. The molecule has 7 nitrogen and oxygen atoms in total. The third-order valence-electron chi connectivity index (χ3n) is 4.18. The molecule has 130 valence electrons. The Kier molecular flexibility index (Phi) is 5.16. The molecular formula is C16H26N2O5. The second-order valence-electron chi connectivity index (χ2n) is 7.04. The standard InChI is InChI=1S/C16H26N2O5/c1-16(2,3)23-15(21)18-10-5-7-11(18)13(19)17-9-6-8-12(17)14(20)22-4/h11-12H,5-10H2,1-4H3. The first-order valence-corrected chi connectivity index (χ1v) is 8.12. The summed E-state index contributed by atoms with van der Waals surface area (Å²) in [6, 6.07) is -1.08. The molecule has 2 unspecified atom stereocenters. The Hall–Kier alpha value is -1.79. The van der Waals surface area contributed by atoms with Crippen LogP contribution in [0, 0.1) is 0 Å². The highest BCUT2D eigenvalue weighted by Crippen LogP contribution is 2.26. The molecule has 7 heteroatoms. The number of carbonyl (C=O) groups excluding carboxylic acids is 3. The Balaban J connectivity index is 2.08. The van der Waals surface area contributed by atoms with E-state index in [0.29, 0.717) is 25.9 Å². The topological polar surface area (TPSA) is 76.2 Å². The number of methoxy groups -OCH3 is 1. The number of ether oxygens (including phenoxy) is 2. The molecule has 2 fully saturated rings. The third-order valence-corrected chi connectivity index (χ3v) is 4.18. The van der Waals surface area contributed by atoms with Gasteiger partial charge in [0.25, 0.3) is 0 Å². The summed E-state index contributed by atoms with van der Waals surface area (Å²) < 4.78 is 10.2. The van der Waals surface area contributed by atoms with E-state index < -0.39 is 29.7 Å². The summed E-state index contributed by atoms with van der Waals surface area (Å²) in [5, 5.41) is 0. The molecule has 2 atom stereocenters. The molecular weight excluding hydrogens is 300 g/mol. The Morgan fingerprint density at radius 2 is 1.52 bits per heavy atom. The number of nitrogens with zero attached hydrogens (tertiary/aromatic N) is 2. The molecule has 0 radical (unpaired) electrons. The van der Waals surface area contributed by atoms with Crippen LogP contribution < -0.4 is 0 Å². The highest BCUT2D eigenvalue weighted by atomic mass is 16.6. The van der Waals surface area contributed by atoms with Crippen LogP contribution in [-0.4, -0.2) is 65.7 Å². The largest absolute Gasteiger partial charge is 0.467 e. The lowest BCUT2D eigenvalue weighted by Crippen LogP contribution is -2.51. The van der Waals surface area contributed by atoms with E-state index in [1.807, 2.05) is 0 Å². The quantitative estimate of drug-likeness (QED) is 0.720.